The molecule has 1 aliphatic heterocycles. The van der Waals surface area contributed by atoms with Crippen molar-refractivity contribution in [1.82, 2.24) is 20.2 Å². The number of para-hydroxylation sites is 2. The molecular formula is C24H26N4O. The third kappa shape index (κ3) is 5.48. The van der Waals surface area contributed by atoms with Crippen molar-refractivity contribution in [3.63, 3.8) is 0 Å². The lowest BCUT2D eigenvalue weighted by Crippen LogP contribution is -2.29. The number of amides is 1. The molecule has 3 aromatic rings. The molecule has 0 bridgehead atoms. The first-order valence-electron chi connectivity index (χ1n) is 10.2. The van der Waals surface area contributed by atoms with Gasteiger partial charge in [-0.3, -0.25) is 14.7 Å². The van der Waals surface area contributed by atoms with Crippen LogP contribution in [0.3, 0.4) is 0 Å². The number of carbonyl (C=O) groups excluding carboxylic acids is 1. The van der Waals surface area contributed by atoms with E-state index < -0.39 is 0 Å². The van der Waals surface area contributed by atoms with Gasteiger partial charge in [0.15, 0.2) is 0 Å². The van der Waals surface area contributed by atoms with Crippen LogP contribution in [0.2, 0.25) is 0 Å². The SMILES string of the molecule is O=C(/C=C/c1cnc2ccccc2n1)NCc1ccc(CN2CCCCC2)cc1. The largest absolute Gasteiger partial charge is 0.348 e. The van der Waals surface area contributed by atoms with Gasteiger partial charge < -0.3 is 5.32 Å². The monoisotopic (exact) mass is 386 g/mol. The molecule has 0 aliphatic carbocycles. The lowest BCUT2D eigenvalue weighted by molar-refractivity contribution is -0.116. The Balaban J connectivity index is 1.27. The molecule has 29 heavy (non-hydrogen) atoms. The molecule has 0 radical (unpaired) electrons. The Kier molecular flexibility index (Phi) is 6.27. The van der Waals surface area contributed by atoms with Crippen LogP contribution in [0, 0.1) is 0 Å². The Labute approximate surface area is 171 Å². The number of hydrogen-bond donors (Lipinski definition) is 1. The minimum absolute atomic E-state index is 0.141. The van der Waals surface area contributed by atoms with E-state index in [-0.39, 0.29) is 5.91 Å². The highest BCUT2D eigenvalue weighted by molar-refractivity contribution is 5.91. The number of aromatic nitrogens is 2. The molecule has 1 saturated heterocycles. The molecule has 5 nitrogen and oxygen atoms in total. The first-order valence-corrected chi connectivity index (χ1v) is 10.2. The molecule has 1 aliphatic rings. The first kappa shape index (κ1) is 19.3. The minimum Gasteiger partial charge on any atom is -0.348 e. The van der Waals surface area contributed by atoms with Crippen molar-refractivity contribution in [3.05, 3.63) is 77.6 Å². The second-order valence-electron chi connectivity index (χ2n) is 7.49. The van der Waals surface area contributed by atoms with E-state index >= 15 is 0 Å². The van der Waals surface area contributed by atoms with Crippen molar-refractivity contribution in [2.75, 3.05) is 13.1 Å². The highest BCUT2D eigenvalue weighted by atomic mass is 16.1. The zero-order valence-corrected chi connectivity index (χ0v) is 16.6. The summed E-state index contributed by atoms with van der Waals surface area (Å²) < 4.78 is 0. The Hall–Kier alpha value is -3.05. The van der Waals surface area contributed by atoms with Crippen molar-refractivity contribution in [3.8, 4) is 0 Å². The van der Waals surface area contributed by atoms with Crippen LogP contribution in [-0.4, -0.2) is 33.9 Å². The number of rotatable bonds is 6. The lowest BCUT2D eigenvalue weighted by atomic mass is 10.1. The van der Waals surface area contributed by atoms with Crippen molar-refractivity contribution >= 4 is 23.0 Å². The summed E-state index contributed by atoms with van der Waals surface area (Å²) in [5.41, 5.74) is 4.76. The van der Waals surface area contributed by atoms with Gasteiger partial charge in [0.25, 0.3) is 0 Å². The molecule has 2 heterocycles. The van der Waals surface area contributed by atoms with Gasteiger partial charge in [0.2, 0.25) is 5.91 Å². The Morgan fingerprint density at radius 1 is 0.966 bits per heavy atom. The fourth-order valence-corrected chi connectivity index (χ4v) is 3.60. The maximum atomic E-state index is 12.1. The van der Waals surface area contributed by atoms with Crippen LogP contribution in [-0.2, 0) is 17.9 Å². The molecule has 1 aromatic heterocycles. The molecule has 0 saturated carbocycles. The van der Waals surface area contributed by atoms with Crippen LogP contribution in [0.5, 0.6) is 0 Å². The van der Waals surface area contributed by atoms with Crippen LogP contribution < -0.4 is 5.32 Å². The van der Waals surface area contributed by atoms with Gasteiger partial charge in [-0.2, -0.15) is 0 Å². The number of benzene rings is 2. The smallest absolute Gasteiger partial charge is 0.244 e. The Morgan fingerprint density at radius 3 is 2.48 bits per heavy atom. The van der Waals surface area contributed by atoms with E-state index in [2.05, 4.69) is 44.5 Å². The van der Waals surface area contributed by atoms with E-state index in [1.54, 1.807) is 12.3 Å². The normalized spacial score (nSPS) is 15.0. The van der Waals surface area contributed by atoms with Gasteiger partial charge >= 0.3 is 0 Å². The predicted molar refractivity (Wildman–Crippen MR) is 116 cm³/mol. The van der Waals surface area contributed by atoms with Crippen molar-refractivity contribution < 1.29 is 4.79 Å². The average Bonchev–Trinajstić information content (AvgIpc) is 2.78. The molecule has 1 fully saturated rings. The van der Waals surface area contributed by atoms with E-state index in [1.165, 1.54) is 44.0 Å². The number of hydrogen-bond acceptors (Lipinski definition) is 4. The van der Waals surface area contributed by atoms with Gasteiger partial charge in [0.05, 0.1) is 22.9 Å². The highest BCUT2D eigenvalue weighted by Crippen LogP contribution is 2.14. The second kappa shape index (κ2) is 9.43. The van der Waals surface area contributed by atoms with Crippen molar-refractivity contribution in [2.45, 2.75) is 32.4 Å². The van der Waals surface area contributed by atoms with Crippen LogP contribution in [0.15, 0.2) is 60.8 Å². The number of nitrogens with one attached hydrogen (secondary N) is 1. The van der Waals surface area contributed by atoms with E-state index in [9.17, 15) is 4.79 Å². The number of piperidine rings is 1. The molecule has 0 atom stereocenters. The maximum Gasteiger partial charge on any atom is 0.244 e. The third-order valence-corrected chi connectivity index (χ3v) is 5.22. The number of carbonyl (C=O) groups is 1. The highest BCUT2D eigenvalue weighted by Gasteiger charge is 2.10. The second-order valence-corrected chi connectivity index (χ2v) is 7.49. The molecule has 1 N–H and O–H groups in total. The third-order valence-electron chi connectivity index (χ3n) is 5.22. The molecule has 5 heteroatoms. The van der Waals surface area contributed by atoms with E-state index in [0.29, 0.717) is 12.2 Å². The average molecular weight is 386 g/mol. The quantitative estimate of drug-likeness (QED) is 0.652. The summed E-state index contributed by atoms with van der Waals surface area (Å²) in [4.78, 5) is 23.5. The summed E-state index contributed by atoms with van der Waals surface area (Å²) in [6, 6.07) is 16.2. The van der Waals surface area contributed by atoms with Gasteiger partial charge in [0.1, 0.15) is 0 Å². The zero-order valence-electron chi connectivity index (χ0n) is 16.6. The van der Waals surface area contributed by atoms with Crippen LogP contribution >= 0.6 is 0 Å². The summed E-state index contributed by atoms with van der Waals surface area (Å²) in [5, 5.41) is 2.92. The van der Waals surface area contributed by atoms with Gasteiger partial charge in [-0.1, -0.05) is 42.8 Å². The maximum absolute atomic E-state index is 12.1. The Bertz CT molecular complexity index is 991. The number of likely N-dealkylation sites (tertiary alicyclic amines) is 1. The van der Waals surface area contributed by atoms with Gasteiger partial charge in [0, 0.05) is 19.2 Å². The van der Waals surface area contributed by atoms with Gasteiger partial charge in [-0.25, -0.2) is 4.98 Å². The summed E-state index contributed by atoms with van der Waals surface area (Å²) in [7, 11) is 0. The fourth-order valence-electron chi connectivity index (χ4n) is 3.60. The zero-order chi connectivity index (χ0) is 19.9. The van der Waals surface area contributed by atoms with Gasteiger partial charge in [-0.05, 0) is 55.3 Å². The van der Waals surface area contributed by atoms with Crippen molar-refractivity contribution in [1.29, 1.82) is 0 Å². The summed E-state index contributed by atoms with van der Waals surface area (Å²) in [6.45, 7) is 3.93. The van der Waals surface area contributed by atoms with Crippen LogP contribution in [0.4, 0.5) is 0 Å². The summed E-state index contributed by atoms with van der Waals surface area (Å²) in [6.07, 6.45) is 8.84. The molecule has 2 aromatic carbocycles. The Morgan fingerprint density at radius 2 is 1.69 bits per heavy atom. The lowest BCUT2D eigenvalue weighted by Gasteiger charge is -2.26. The molecule has 0 unspecified atom stereocenters. The molecule has 1 amide bonds. The van der Waals surface area contributed by atoms with E-state index in [4.69, 9.17) is 0 Å². The molecule has 148 valence electrons. The van der Waals surface area contributed by atoms with Crippen molar-refractivity contribution in [2.24, 2.45) is 0 Å². The van der Waals surface area contributed by atoms with Gasteiger partial charge in [-0.15, -0.1) is 0 Å². The minimum atomic E-state index is -0.141. The van der Waals surface area contributed by atoms with Crippen LogP contribution in [0.25, 0.3) is 17.1 Å². The summed E-state index contributed by atoms with van der Waals surface area (Å²) >= 11 is 0. The topological polar surface area (TPSA) is 58.1 Å². The fraction of sp³-hybridized carbons (Fsp3) is 0.292. The van der Waals surface area contributed by atoms with E-state index in [1.807, 2.05) is 24.3 Å². The predicted octanol–water partition coefficient (Wildman–Crippen LogP) is 3.95. The molecule has 0 spiro atoms. The summed E-state index contributed by atoms with van der Waals surface area (Å²) in [5.74, 6) is -0.141. The van der Waals surface area contributed by atoms with E-state index in [0.717, 1.165) is 23.1 Å². The molecular weight excluding hydrogens is 360 g/mol. The first-order chi connectivity index (χ1) is 14.3. The standard InChI is InChI=1S/C24H26N4O/c29-24(13-12-21-17-25-22-6-2-3-7-23(22)27-21)26-16-19-8-10-20(11-9-19)18-28-14-4-1-5-15-28/h2-3,6-13,17H,1,4-5,14-16,18H2,(H,26,29)/b13-12+. The molecule has 4 rings (SSSR count). The number of nitrogens with zero attached hydrogens (tertiary/aromatic N) is 3. The number of fused-ring (bicyclic) bond motifs is 1. The van der Waals surface area contributed by atoms with Crippen LogP contribution in [0.1, 0.15) is 36.1 Å².